The van der Waals surface area contributed by atoms with Crippen LogP contribution < -0.4 is 5.73 Å². The number of aromatic nitrogens is 2. The molecule has 5 rings (SSSR count). The number of imidazole rings is 1. The molecule has 116 valence electrons. The van der Waals surface area contributed by atoms with Crippen molar-refractivity contribution in [3.63, 3.8) is 0 Å². The summed E-state index contributed by atoms with van der Waals surface area (Å²) in [6, 6.07) is 0.130. The van der Waals surface area contributed by atoms with Crippen molar-refractivity contribution in [2.45, 2.75) is 57.5 Å². The van der Waals surface area contributed by atoms with Gasteiger partial charge in [0, 0.05) is 12.2 Å². The molecule has 4 aliphatic rings. The number of hydrogen-bond donors (Lipinski definition) is 2. The molecule has 0 saturated heterocycles. The van der Waals surface area contributed by atoms with E-state index in [4.69, 9.17) is 5.73 Å². The van der Waals surface area contributed by atoms with Crippen LogP contribution in [0.2, 0.25) is 0 Å². The molecular formula is C17H27N3O. The number of aliphatic hydroxyl groups is 1. The summed E-state index contributed by atoms with van der Waals surface area (Å²) >= 11 is 0. The van der Waals surface area contributed by atoms with Gasteiger partial charge in [-0.05, 0) is 68.6 Å². The Labute approximate surface area is 126 Å². The summed E-state index contributed by atoms with van der Waals surface area (Å²) in [6.45, 7) is 2.34. The van der Waals surface area contributed by atoms with Gasteiger partial charge in [0.15, 0.2) is 0 Å². The zero-order chi connectivity index (χ0) is 14.6. The van der Waals surface area contributed by atoms with Crippen LogP contribution in [-0.4, -0.2) is 21.3 Å². The van der Waals surface area contributed by atoms with Crippen molar-refractivity contribution in [2.24, 2.45) is 28.9 Å². The van der Waals surface area contributed by atoms with Crippen molar-refractivity contribution in [3.05, 3.63) is 18.2 Å². The Morgan fingerprint density at radius 3 is 2.38 bits per heavy atom. The minimum absolute atomic E-state index is 0.0146. The lowest BCUT2D eigenvalue weighted by Crippen LogP contribution is -2.49. The number of nitrogens with zero attached hydrogens (tertiary/aromatic N) is 2. The van der Waals surface area contributed by atoms with Crippen molar-refractivity contribution in [2.75, 3.05) is 6.61 Å². The topological polar surface area (TPSA) is 64.1 Å². The van der Waals surface area contributed by atoms with Gasteiger partial charge in [0.1, 0.15) is 0 Å². The van der Waals surface area contributed by atoms with Crippen molar-refractivity contribution in [1.29, 1.82) is 0 Å². The fourth-order valence-corrected chi connectivity index (χ4v) is 6.00. The molecule has 0 radical (unpaired) electrons. The first kappa shape index (κ1) is 13.8. The van der Waals surface area contributed by atoms with Gasteiger partial charge in [0.05, 0.1) is 24.7 Å². The second-order valence-corrected chi connectivity index (χ2v) is 7.97. The van der Waals surface area contributed by atoms with E-state index in [-0.39, 0.29) is 12.6 Å². The zero-order valence-corrected chi connectivity index (χ0v) is 12.9. The van der Waals surface area contributed by atoms with Crippen molar-refractivity contribution in [1.82, 2.24) is 9.55 Å². The molecule has 0 aliphatic heterocycles. The van der Waals surface area contributed by atoms with Crippen molar-refractivity contribution in [3.8, 4) is 0 Å². The van der Waals surface area contributed by atoms with Gasteiger partial charge in [-0.3, -0.25) is 0 Å². The molecule has 0 aromatic carbocycles. The van der Waals surface area contributed by atoms with Crippen LogP contribution >= 0.6 is 0 Å². The molecule has 4 saturated carbocycles. The van der Waals surface area contributed by atoms with Crippen molar-refractivity contribution >= 4 is 0 Å². The van der Waals surface area contributed by atoms with E-state index in [1.165, 1.54) is 38.5 Å². The van der Waals surface area contributed by atoms with Crippen LogP contribution in [0.15, 0.2) is 12.5 Å². The summed E-state index contributed by atoms with van der Waals surface area (Å²) in [6.07, 6.45) is 12.3. The van der Waals surface area contributed by atoms with E-state index in [2.05, 4.69) is 16.5 Å². The molecule has 4 fully saturated rings. The maximum atomic E-state index is 9.38. The maximum absolute atomic E-state index is 9.38. The predicted molar refractivity (Wildman–Crippen MR) is 81.6 cm³/mol. The second-order valence-electron chi connectivity index (χ2n) is 7.97. The average molecular weight is 289 g/mol. The van der Waals surface area contributed by atoms with Crippen LogP contribution in [0.5, 0.6) is 0 Å². The number of nitrogens with two attached hydrogens (primary N) is 1. The molecule has 0 amide bonds. The molecule has 21 heavy (non-hydrogen) atoms. The van der Waals surface area contributed by atoms with Gasteiger partial charge in [-0.1, -0.05) is 0 Å². The lowest BCUT2D eigenvalue weighted by molar-refractivity contribution is -0.0794. The smallest absolute Gasteiger partial charge is 0.0951 e. The van der Waals surface area contributed by atoms with Gasteiger partial charge >= 0.3 is 0 Å². The van der Waals surface area contributed by atoms with Crippen LogP contribution in [-0.2, 0) is 0 Å². The standard InChI is InChI=1S/C17H27N3O/c1-11(20-10-19-8-16(20)15(18)9-21)17-5-12-2-13(6-17)4-14(3-12)7-17/h8,10-15,21H,2-7,9,18H2,1H3. The van der Waals surface area contributed by atoms with E-state index in [0.29, 0.717) is 11.5 Å². The van der Waals surface area contributed by atoms with Gasteiger partial charge < -0.3 is 15.4 Å². The normalized spacial score (nSPS) is 40.4. The lowest BCUT2D eigenvalue weighted by Gasteiger charge is -2.59. The lowest BCUT2D eigenvalue weighted by atomic mass is 9.48. The highest BCUT2D eigenvalue weighted by Crippen LogP contribution is 2.63. The van der Waals surface area contributed by atoms with E-state index in [1.54, 1.807) is 0 Å². The van der Waals surface area contributed by atoms with E-state index >= 15 is 0 Å². The van der Waals surface area contributed by atoms with E-state index in [1.807, 2.05) is 12.5 Å². The fourth-order valence-electron chi connectivity index (χ4n) is 6.00. The fraction of sp³-hybridized carbons (Fsp3) is 0.824. The number of rotatable bonds is 4. The van der Waals surface area contributed by atoms with Gasteiger partial charge in [0.25, 0.3) is 0 Å². The molecule has 4 nitrogen and oxygen atoms in total. The third-order valence-electron chi connectivity index (χ3n) is 6.66. The summed E-state index contributed by atoms with van der Waals surface area (Å²) in [4.78, 5) is 4.31. The van der Waals surface area contributed by atoms with Crippen LogP contribution in [0.3, 0.4) is 0 Å². The van der Waals surface area contributed by atoms with Crippen LogP contribution in [0, 0.1) is 23.2 Å². The van der Waals surface area contributed by atoms with Gasteiger partial charge in [0.2, 0.25) is 0 Å². The molecule has 3 N–H and O–H groups in total. The third kappa shape index (κ3) is 2.07. The maximum Gasteiger partial charge on any atom is 0.0951 e. The van der Waals surface area contributed by atoms with Gasteiger partial charge in [-0.2, -0.15) is 0 Å². The summed E-state index contributed by atoms with van der Waals surface area (Å²) in [7, 11) is 0. The first-order valence-corrected chi connectivity index (χ1v) is 8.49. The molecular weight excluding hydrogens is 262 g/mol. The average Bonchev–Trinajstić information content (AvgIpc) is 2.93. The van der Waals surface area contributed by atoms with Gasteiger partial charge in [-0.25, -0.2) is 4.98 Å². The molecule has 4 bridgehead atoms. The minimum Gasteiger partial charge on any atom is -0.394 e. The molecule has 2 atom stereocenters. The summed E-state index contributed by atoms with van der Waals surface area (Å²) in [5, 5.41) is 9.38. The van der Waals surface area contributed by atoms with E-state index in [0.717, 1.165) is 23.4 Å². The Morgan fingerprint density at radius 1 is 1.29 bits per heavy atom. The SMILES string of the molecule is CC(n1cncc1C(N)CO)C12CC3CC(CC(C3)C1)C2. The van der Waals surface area contributed by atoms with E-state index in [9.17, 15) is 5.11 Å². The highest BCUT2D eigenvalue weighted by molar-refractivity contribution is 5.11. The molecule has 4 aliphatic carbocycles. The van der Waals surface area contributed by atoms with Gasteiger partial charge in [-0.15, -0.1) is 0 Å². The third-order valence-corrected chi connectivity index (χ3v) is 6.66. The molecule has 1 aromatic rings. The summed E-state index contributed by atoms with van der Waals surface area (Å²) < 4.78 is 2.26. The Hall–Kier alpha value is -0.870. The molecule has 1 aromatic heterocycles. The highest BCUT2D eigenvalue weighted by Gasteiger charge is 2.53. The quantitative estimate of drug-likeness (QED) is 0.895. The summed E-state index contributed by atoms with van der Waals surface area (Å²) in [5.74, 6) is 2.87. The Balaban J connectivity index is 1.66. The first-order chi connectivity index (χ1) is 10.1. The molecule has 1 heterocycles. The van der Waals surface area contributed by atoms with E-state index < -0.39 is 0 Å². The first-order valence-electron chi connectivity index (χ1n) is 8.49. The Kier molecular flexibility index (Phi) is 3.16. The largest absolute Gasteiger partial charge is 0.394 e. The molecule has 4 heteroatoms. The van der Waals surface area contributed by atoms with Crippen LogP contribution in [0.4, 0.5) is 0 Å². The molecule has 2 unspecified atom stereocenters. The summed E-state index contributed by atoms with van der Waals surface area (Å²) in [5.41, 5.74) is 7.49. The highest BCUT2D eigenvalue weighted by atomic mass is 16.3. The number of hydrogen-bond acceptors (Lipinski definition) is 3. The molecule has 0 spiro atoms. The predicted octanol–water partition coefficient (Wildman–Crippen LogP) is 2.65. The van der Waals surface area contributed by atoms with Crippen molar-refractivity contribution < 1.29 is 5.11 Å². The van der Waals surface area contributed by atoms with Crippen LogP contribution in [0.1, 0.15) is 63.2 Å². The number of aliphatic hydroxyl groups excluding tert-OH is 1. The zero-order valence-electron chi connectivity index (χ0n) is 12.9. The van der Waals surface area contributed by atoms with Crippen LogP contribution in [0.25, 0.3) is 0 Å². The Bertz CT molecular complexity index is 489. The second kappa shape index (κ2) is 4.82. The Morgan fingerprint density at radius 2 is 1.86 bits per heavy atom. The monoisotopic (exact) mass is 289 g/mol. The minimum atomic E-state index is -0.316.